The van der Waals surface area contributed by atoms with Gasteiger partial charge in [-0.3, -0.25) is 9.79 Å². The molecule has 1 saturated carbocycles. The molecule has 4 rings (SSSR count). The molecule has 1 amide bonds. The number of nitrogens with one attached hydrogen (secondary N) is 1. The summed E-state index contributed by atoms with van der Waals surface area (Å²) in [4.78, 5) is 17.8. The van der Waals surface area contributed by atoms with Gasteiger partial charge in [0.15, 0.2) is 0 Å². The fourth-order valence-electron chi connectivity index (χ4n) is 4.00. The van der Waals surface area contributed by atoms with Crippen LogP contribution in [0.3, 0.4) is 0 Å². The predicted octanol–water partition coefficient (Wildman–Crippen LogP) is 4.62. The Morgan fingerprint density at radius 1 is 0.920 bits per heavy atom. The average Bonchev–Trinajstić information content (AvgIpc) is 2.80. The highest BCUT2D eigenvalue weighted by Gasteiger charge is 2.29. The fourth-order valence-corrected chi connectivity index (χ4v) is 4.00. The van der Waals surface area contributed by atoms with Crippen molar-refractivity contribution in [1.82, 2.24) is 0 Å². The first kappa shape index (κ1) is 16.1. The van der Waals surface area contributed by atoms with Crippen LogP contribution in [-0.4, -0.2) is 17.7 Å². The van der Waals surface area contributed by atoms with Gasteiger partial charge in [0.25, 0.3) is 0 Å². The lowest BCUT2D eigenvalue weighted by Gasteiger charge is -2.24. The van der Waals surface area contributed by atoms with Gasteiger partial charge >= 0.3 is 0 Å². The van der Waals surface area contributed by atoms with Gasteiger partial charge in [-0.2, -0.15) is 0 Å². The van der Waals surface area contributed by atoms with Crippen LogP contribution in [0.25, 0.3) is 0 Å². The highest BCUT2D eigenvalue weighted by atomic mass is 16.2. The Kier molecular flexibility index (Phi) is 4.64. The largest absolute Gasteiger partial charge is 0.324 e. The molecule has 0 spiro atoms. The number of para-hydroxylation sites is 1. The molecule has 1 N–H and O–H groups in total. The third kappa shape index (κ3) is 3.51. The number of hydrogen-bond donors (Lipinski definition) is 1. The Bertz CT molecular complexity index is 776. The van der Waals surface area contributed by atoms with Crippen LogP contribution in [0.5, 0.6) is 0 Å². The molecule has 3 heteroatoms. The molecule has 2 aliphatic rings. The van der Waals surface area contributed by atoms with Crippen molar-refractivity contribution in [3.8, 4) is 0 Å². The number of carbonyl (C=O) groups excluding carboxylic acids is 1. The average molecular weight is 332 g/mol. The van der Waals surface area contributed by atoms with Crippen LogP contribution in [0.1, 0.15) is 43.2 Å². The summed E-state index contributed by atoms with van der Waals surface area (Å²) >= 11 is 0. The standard InChI is InChI=1S/C22H24N2O/c25-22-20(15-16-9-3-1-4-10-16)23-21(17-11-5-2-6-12-17)18-13-7-8-14-19(18)24-22/h1,3-4,7-10,13-14,17,20H,2,5-6,11-12,15H2,(H,24,25)/t20-/m0/s1. The number of anilines is 1. The summed E-state index contributed by atoms with van der Waals surface area (Å²) in [7, 11) is 0. The predicted molar refractivity (Wildman–Crippen MR) is 102 cm³/mol. The first-order valence-electron chi connectivity index (χ1n) is 9.33. The topological polar surface area (TPSA) is 41.5 Å². The molecular weight excluding hydrogens is 308 g/mol. The summed E-state index contributed by atoms with van der Waals surface area (Å²) in [5, 5.41) is 3.11. The van der Waals surface area contributed by atoms with E-state index >= 15 is 0 Å². The van der Waals surface area contributed by atoms with Crippen molar-refractivity contribution in [2.75, 3.05) is 5.32 Å². The summed E-state index contributed by atoms with van der Waals surface area (Å²) in [5.74, 6) is 0.475. The third-order valence-corrected chi connectivity index (χ3v) is 5.32. The van der Waals surface area contributed by atoms with Gasteiger partial charge in [-0.25, -0.2) is 0 Å². The van der Waals surface area contributed by atoms with E-state index in [1.165, 1.54) is 32.1 Å². The van der Waals surface area contributed by atoms with Crippen molar-refractivity contribution >= 4 is 17.3 Å². The molecule has 1 fully saturated rings. The molecular formula is C22H24N2O. The van der Waals surface area contributed by atoms with Gasteiger partial charge in [0.05, 0.1) is 0 Å². The number of aliphatic imine (C=N–C) groups is 1. The van der Waals surface area contributed by atoms with Gasteiger partial charge in [0.1, 0.15) is 6.04 Å². The lowest BCUT2D eigenvalue weighted by molar-refractivity contribution is -0.117. The fraction of sp³-hybridized carbons (Fsp3) is 0.364. The molecule has 0 unspecified atom stereocenters. The van der Waals surface area contributed by atoms with E-state index in [-0.39, 0.29) is 11.9 Å². The second-order valence-electron chi connectivity index (χ2n) is 7.09. The molecule has 1 atom stereocenters. The molecule has 25 heavy (non-hydrogen) atoms. The molecule has 1 aliphatic heterocycles. The van der Waals surface area contributed by atoms with Gasteiger partial charge in [-0.1, -0.05) is 67.8 Å². The number of amides is 1. The number of rotatable bonds is 3. The summed E-state index contributed by atoms with van der Waals surface area (Å²) in [5.41, 5.74) is 4.31. The first-order chi connectivity index (χ1) is 12.3. The van der Waals surface area contributed by atoms with Gasteiger partial charge < -0.3 is 5.32 Å². The minimum absolute atomic E-state index is 0.00196. The van der Waals surface area contributed by atoms with E-state index in [4.69, 9.17) is 4.99 Å². The number of carbonyl (C=O) groups is 1. The van der Waals surface area contributed by atoms with Crippen LogP contribution in [-0.2, 0) is 11.2 Å². The number of benzene rings is 2. The smallest absolute Gasteiger partial charge is 0.249 e. The monoisotopic (exact) mass is 332 g/mol. The van der Waals surface area contributed by atoms with Crippen LogP contribution in [0.15, 0.2) is 59.6 Å². The molecule has 0 radical (unpaired) electrons. The van der Waals surface area contributed by atoms with E-state index in [1.54, 1.807) is 0 Å². The molecule has 0 aromatic heterocycles. The first-order valence-corrected chi connectivity index (χ1v) is 9.33. The summed E-state index contributed by atoms with van der Waals surface area (Å²) in [6.07, 6.45) is 6.85. The Morgan fingerprint density at radius 2 is 1.64 bits per heavy atom. The van der Waals surface area contributed by atoms with E-state index < -0.39 is 0 Å². The van der Waals surface area contributed by atoms with Crippen molar-refractivity contribution in [2.45, 2.75) is 44.6 Å². The molecule has 2 aromatic rings. The van der Waals surface area contributed by atoms with E-state index in [2.05, 4.69) is 23.5 Å². The minimum atomic E-state index is -0.355. The zero-order chi connectivity index (χ0) is 17.1. The van der Waals surface area contributed by atoms with Crippen molar-refractivity contribution < 1.29 is 4.79 Å². The molecule has 1 heterocycles. The van der Waals surface area contributed by atoms with Crippen molar-refractivity contribution in [1.29, 1.82) is 0 Å². The van der Waals surface area contributed by atoms with Crippen LogP contribution >= 0.6 is 0 Å². The third-order valence-electron chi connectivity index (χ3n) is 5.32. The van der Waals surface area contributed by atoms with E-state index in [0.29, 0.717) is 12.3 Å². The SMILES string of the molecule is O=C1Nc2ccccc2C(C2CCCCC2)=N[C@H]1Cc1ccccc1. The molecule has 1 aliphatic carbocycles. The Labute approximate surface area is 149 Å². The quantitative estimate of drug-likeness (QED) is 0.875. The summed E-state index contributed by atoms with van der Waals surface area (Å²) in [6.45, 7) is 0. The maximum atomic E-state index is 12.8. The zero-order valence-electron chi connectivity index (χ0n) is 14.4. The van der Waals surface area contributed by atoms with Crippen LogP contribution in [0.2, 0.25) is 0 Å². The Morgan fingerprint density at radius 3 is 2.44 bits per heavy atom. The zero-order valence-corrected chi connectivity index (χ0v) is 14.4. The molecule has 128 valence electrons. The molecule has 0 bridgehead atoms. The number of hydrogen-bond acceptors (Lipinski definition) is 2. The van der Waals surface area contributed by atoms with Crippen LogP contribution in [0, 0.1) is 5.92 Å². The highest BCUT2D eigenvalue weighted by molar-refractivity contribution is 6.12. The number of benzodiazepines with no additional fused rings is 1. The van der Waals surface area contributed by atoms with E-state index in [9.17, 15) is 4.79 Å². The van der Waals surface area contributed by atoms with Crippen LogP contribution in [0.4, 0.5) is 5.69 Å². The second kappa shape index (κ2) is 7.22. The van der Waals surface area contributed by atoms with Gasteiger partial charge in [-0.05, 0) is 24.5 Å². The van der Waals surface area contributed by atoms with E-state index in [0.717, 1.165) is 22.5 Å². The number of fused-ring (bicyclic) bond motifs is 1. The van der Waals surface area contributed by atoms with Gasteiger partial charge in [0.2, 0.25) is 5.91 Å². The summed E-state index contributed by atoms with van der Waals surface area (Å²) < 4.78 is 0. The lowest BCUT2D eigenvalue weighted by atomic mass is 9.83. The molecule has 3 nitrogen and oxygen atoms in total. The highest BCUT2D eigenvalue weighted by Crippen LogP contribution is 2.32. The summed E-state index contributed by atoms with van der Waals surface area (Å²) in [6, 6.07) is 18.0. The minimum Gasteiger partial charge on any atom is -0.324 e. The Hall–Kier alpha value is -2.42. The van der Waals surface area contributed by atoms with Crippen molar-refractivity contribution in [3.05, 3.63) is 65.7 Å². The lowest BCUT2D eigenvalue weighted by Crippen LogP contribution is -2.28. The van der Waals surface area contributed by atoms with Crippen molar-refractivity contribution in [3.63, 3.8) is 0 Å². The number of nitrogens with zero attached hydrogens (tertiary/aromatic N) is 1. The maximum absolute atomic E-state index is 12.8. The second-order valence-corrected chi connectivity index (χ2v) is 7.09. The van der Waals surface area contributed by atoms with Gasteiger partial charge in [-0.15, -0.1) is 0 Å². The van der Waals surface area contributed by atoms with E-state index in [1.807, 2.05) is 36.4 Å². The molecule has 2 aromatic carbocycles. The molecule has 0 saturated heterocycles. The van der Waals surface area contributed by atoms with Crippen LogP contribution < -0.4 is 5.32 Å². The van der Waals surface area contributed by atoms with Gasteiger partial charge in [0, 0.05) is 29.3 Å². The normalized spacial score (nSPS) is 21.0. The van der Waals surface area contributed by atoms with Crippen molar-refractivity contribution in [2.24, 2.45) is 10.9 Å². The Balaban J connectivity index is 1.72. The maximum Gasteiger partial charge on any atom is 0.249 e.